The maximum atomic E-state index is 12.1. The van der Waals surface area contributed by atoms with Crippen molar-refractivity contribution in [3.63, 3.8) is 0 Å². The lowest BCUT2D eigenvalue weighted by atomic mass is 10.1. The van der Waals surface area contributed by atoms with Gasteiger partial charge in [0.05, 0.1) is 0 Å². The van der Waals surface area contributed by atoms with Crippen LogP contribution in [-0.2, 0) is 4.79 Å². The van der Waals surface area contributed by atoms with Crippen LogP contribution in [-0.4, -0.2) is 17.9 Å². The van der Waals surface area contributed by atoms with E-state index in [1.54, 1.807) is 31.2 Å². The maximum absolute atomic E-state index is 12.1. The first kappa shape index (κ1) is 17.8. The number of aryl methyl sites for hydroxylation is 2. The third-order valence-corrected chi connectivity index (χ3v) is 3.67. The molecular formula is C18H19ClN2O3. The maximum Gasteiger partial charge on any atom is 0.279 e. The van der Waals surface area contributed by atoms with Crippen LogP contribution in [0.3, 0.4) is 0 Å². The number of ether oxygens (including phenoxy) is 1. The summed E-state index contributed by atoms with van der Waals surface area (Å²) in [6.45, 7) is 5.47. The number of halogens is 1. The van der Waals surface area contributed by atoms with E-state index in [0.717, 1.165) is 11.1 Å². The molecule has 2 amide bonds. The highest BCUT2D eigenvalue weighted by Crippen LogP contribution is 2.20. The minimum Gasteiger partial charge on any atom is -0.481 e. The van der Waals surface area contributed by atoms with Crippen LogP contribution >= 0.6 is 11.6 Å². The number of hydrogen-bond donors (Lipinski definition) is 2. The summed E-state index contributed by atoms with van der Waals surface area (Å²) >= 11 is 5.77. The fourth-order valence-corrected chi connectivity index (χ4v) is 2.10. The van der Waals surface area contributed by atoms with Crippen molar-refractivity contribution in [3.05, 3.63) is 64.2 Å². The van der Waals surface area contributed by atoms with Gasteiger partial charge in [-0.3, -0.25) is 20.4 Å². The molecule has 126 valence electrons. The number of rotatable bonds is 4. The molecule has 0 bridgehead atoms. The Morgan fingerprint density at radius 2 is 1.71 bits per heavy atom. The van der Waals surface area contributed by atoms with Crippen molar-refractivity contribution in [1.82, 2.24) is 10.9 Å². The summed E-state index contributed by atoms with van der Waals surface area (Å²) in [7, 11) is 0. The number of carbonyl (C=O) groups excluding carboxylic acids is 2. The van der Waals surface area contributed by atoms with E-state index < -0.39 is 17.9 Å². The lowest BCUT2D eigenvalue weighted by Crippen LogP contribution is -2.47. The smallest absolute Gasteiger partial charge is 0.279 e. The van der Waals surface area contributed by atoms with Gasteiger partial charge in [-0.05, 0) is 62.2 Å². The molecule has 2 aromatic rings. The molecule has 0 fully saturated rings. The van der Waals surface area contributed by atoms with Crippen molar-refractivity contribution in [2.45, 2.75) is 26.9 Å². The quantitative estimate of drug-likeness (QED) is 0.835. The van der Waals surface area contributed by atoms with Gasteiger partial charge in [-0.1, -0.05) is 23.7 Å². The molecule has 0 heterocycles. The van der Waals surface area contributed by atoms with Crippen molar-refractivity contribution >= 4 is 23.4 Å². The number of benzene rings is 2. The Kier molecular flexibility index (Phi) is 5.82. The SMILES string of the molecule is Cc1ccc(C)c(OC(C)C(=O)NNC(=O)c2ccc(Cl)cc2)c1. The van der Waals surface area contributed by atoms with Crippen LogP contribution in [0.5, 0.6) is 5.75 Å². The van der Waals surface area contributed by atoms with E-state index in [4.69, 9.17) is 16.3 Å². The first-order valence-corrected chi connectivity index (χ1v) is 7.84. The third-order valence-electron chi connectivity index (χ3n) is 3.42. The van der Waals surface area contributed by atoms with Crippen molar-refractivity contribution in [2.75, 3.05) is 0 Å². The highest BCUT2D eigenvalue weighted by molar-refractivity contribution is 6.30. The number of hydrazine groups is 1. The van der Waals surface area contributed by atoms with E-state index >= 15 is 0 Å². The summed E-state index contributed by atoms with van der Waals surface area (Å²) in [5.41, 5.74) is 7.07. The lowest BCUT2D eigenvalue weighted by Gasteiger charge is -2.17. The fraction of sp³-hybridized carbons (Fsp3) is 0.222. The summed E-state index contributed by atoms with van der Waals surface area (Å²) in [5.74, 6) is -0.237. The largest absolute Gasteiger partial charge is 0.481 e. The standard InChI is InChI=1S/C18H19ClN2O3/c1-11-4-5-12(2)16(10-11)24-13(3)17(22)20-21-18(23)14-6-8-15(19)9-7-14/h4-10,13H,1-3H3,(H,20,22)(H,21,23). The molecule has 0 aliphatic rings. The molecule has 1 unspecified atom stereocenters. The summed E-state index contributed by atoms with van der Waals surface area (Å²) in [6.07, 6.45) is -0.754. The van der Waals surface area contributed by atoms with Crippen LogP contribution in [0, 0.1) is 13.8 Å². The molecule has 0 aliphatic heterocycles. The molecule has 5 nitrogen and oxygen atoms in total. The van der Waals surface area contributed by atoms with Gasteiger partial charge in [0.1, 0.15) is 5.75 Å². The Balaban J connectivity index is 1.90. The normalized spacial score (nSPS) is 11.5. The van der Waals surface area contributed by atoms with Crippen LogP contribution in [0.15, 0.2) is 42.5 Å². The van der Waals surface area contributed by atoms with Crippen LogP contribution in [0.2, 0.25) is 5.02 Å². The van der Waals surface area contributed by atoms with Gasteiger partial charge in [0.15, 0.2) is 6.10 Å². The number of nitrogens with one attached hydrogen (secondary N) is 2. The monoisotopic (exact) mass is 346 g/mol. The van der Waals surface area contributed by atoms with Gasteiger partial charge in [-0.15, -0.1) is 0 Å². The first-order chi connectivity index (χ1) is 11.4. The summed E-state index contributed by atoms with van der Waals surface area (Å²) in [6, 6.07) is 12.1. The summed E-state index contributed by atoms with van der Waals surface area (Å²) in [5, 5.41) is 0.533. The summed E-state index contributed by atoms with van der Waals surface area (Å²) in [4.78, 5) is 24.0. The third kappa shape index (κ3) is 4.73. The second-order valence-electron chi connectivity index (χ2n) is 5.48. The van der Waals surface area contributed by atoms with Crippen LogP contribution in [0.25, 0.3) is 0 Å². The molecule has 0 aromatic heterocycles. The van der Waals surface area contributed by atoms with Crippen LogP contribution in [0.4, 0.5) is 0 Å². The van der Waals surface area contributed by atoms with Gasteiger partial charge in [-0.25, -0.2) is 0 Å². The van der Waals surface area contributed by atoms with E-state index in [2.05, 4.69) is 10.9 Å². The average Bonchev–Trinajstić information content (AvgIpc) is 2.56. The van der Waals surface area contributed by atoms with Crippen molar-refractivity contribution in [1.29, 1.82) is 0 Å². The minimum atomic E-state index is -0.754. The molecule has 0 radical (unpaired) electrons. The van der Waals surface area contributed by atoms with Crippen molar-refractivity contribution in [3.8, 4) is 5.75 Å². The molecule has 2 rings (SSSR count). The Morgan fingerprint density at radius 1 is 1.04 bits per heavy atom. The van der Waals surface area contributed by atoms with E-state index in [0.29, 0.717) is 16.3 Å². The highest BCUT2D eigenvalue weighted by Gasteiger charge is 2.16. The molecule has 2 N–H and O–H groups in total. The molecule has 0 saturated heterocycles. The molecule has 0 saturated carbocycles. The number of amides is 2. The van der Waals surface area contributed by atoms with E-state index in [-0.39, 0.29) is 0 Å². The fourth-order valence-electron chi connectivity index (χ4n) is 1.97. The Labute approximate surface area is 145 Å². The van der Waals surface area contributed by atoms with Crippen LogP contribution < -0.4 is 15.6 Å². The summed E-state index contributed by atoms with van der Waals surface area (Å²) < 4.78 is 5.66. The van der Waals surface area contributed by atoms with Crippen LogP contribution in [0.1, 0.15) is 28.4 Å². The van der Waals surface area contributed by atoms with Gasteiger partial charge in [0.2, 0.25) is 0 Å². The van der Waals surface area contributed by atoms with E-state index in [1.165, 1.54) is 0 Å². The first-order valence-electron chi connectivity index (χ1n) is 7.46. The van der Waals surface area contributed by atoms with Gasteiger partial charge >= 0.3 is 0 Å². The zero-order chi connectivity index (χ0) is 17.7. The predicted molar refractivity (Wildman–Crippen MR) is 93.1 cm³/mol. The van der Waals surface area contributed by atoms with E-state index in [1.807, 2.05) is 32.0 Å². The molecule has 0 aliphatic carbocycles. The molecule has 24 heavy (non-hydrogen) atoms. The molecule has 6 heteroatoms. The highest BCUT2D eigenvalue weighted by atomic mass is 35.5. The van der Waals surface area contributed by atoms with Gasteiger partial charge in [0.25, 0.3) is 11.8 Å². The van der Waals surface area contributed by atoms with Gasteiger partial charge in [-0.2, -0.15) is 0 Å². The molecule has 0 spiro atoms. The lowest BCUT2D eigenvalue weighted by molar-refractivity contribution is -0.128. The van der Waals surface area contributed by atoms with Crippen molar-refractivity contribution in [2.24, 2.45) is 0 Å². The number of carbonyl (C=O) groups is 2. The second-order valence-corrected chi connectivity index (χ2v) is 5.92. The Hall–Kier alpha value is -2.53. The van der Waals surface area contributed by atoms with Gasteiger partial charge < -0.3 is 4.74 Å². The average molecular weight is 347 g/mol. The Bertz CT molecular complexity index is 744. The minimum absolute atomic E-state index is 0.391. The Morgan fingerprint density at radius 3 is 2.38 bits per heavy atom. The molecule has 2 aromatic carbocycles. The predicted octanol–water partition coefficient (Wildman–Crippen LogP) is 3.19. The van der Waals surface area contributed by atoms with E-state index in [9.17, 15) is 9.59 Å². The zero-order valence-corrected chi connectivity index (χ0v) is 14.5. The number of hydrogen-bond acceptors (Lipinski definition) is 3. The van der Waals surface area contributed by atoms with Crippen molar-refractivity contribution < 1.29 is 14.3 Å². The second kappa shape index (κ2) is 7.84. The topological polar surface area (TPSA) is 67.4 Å². The van der Waals surface area contributed by atoms with Gasteiger partial charge in [0, 0.05) is 10.6 Å². The molecular weight excluding hydrogens is 328 g/mol. The molecule has 1 atom stereocenters. The zero-order valence-electron chi connectivity index (χ0n) is 13.7.